The maximum atomic E-state index is 12.0. The van der Waals surface area contributed by atoms with Crippen LogP contribution >= 0.6 is 0 Å². The number of nitrogens with one attached hydrogen (secondary N) is 2. The van der Waals surface area contributed by atoms with E-state index in [0.717, 1.165) is 5.69 Å². The topological polar surface area (TPSA) is 66.9 Å². The number of nitrogens with zero attached hydrogens (tertiary/aromatic N) is 2. The molecule has 0 bridgehead atoms. The summed E-state index contributed by atoms with van der Waals surface area (Å²) in [4.78, 5) is 20.1. The summed E-state index contributed by atoms with van der Waals surface area (Å²) in [5.41, 5.74) is 2.48. The molecule has 5 nitrogen and oxygen atoms in total. The third-order valence-corrected chi connectivity index (χ3v) is 2.89. The number of hydrogen-bond acceptors (Lipinski definition) is 4. The highest BCUT2D eigenvalue weighted by molar-refractivity contribution is 5.92. The lowest BCUT2D eigenvalue weighted by molar-refractivity contribution is 0.0944. The molecule has 0 unspecified atom stereocenters. The van der Waals surface area contributed by atoms with Gasteiger partial charge in [-0.25, -0.2) is 9.97 Å². The molecule has 0 radical (unpaired) electrons. The Bertz CT molecular complexity index is 608. The lowest BCUT2D eigenvalue weighted by Gasteiger charge is -2.09. The molecule has 2 aromatic rings. The van der Waals surface area contributed by atoms with Crippen molar-refractivity contribution in [1.82, 2.24) is 15.3 Å². The van der Waals surface area contributed by atoms with Crippen LogP contribution in [0.5, 0.6) is 0 Å². The summed E-state index contributed by atoms with van der Waals surface area (Å²) in [5, 5.41) is 6.00. The van der Waals surface area contributed by atoms with Crippen LogP contribution in [0.2, 0.25) is 0 Å². The Hall–Kier alpha value is -2.43. The Kier molecular flexibility index (Phi) is 4.87. The van der Waals surface area contributed by atoms with E-state index in [-0.39, 0.29) is 5.91 Å². The molecule has 0 saturated heterocycles. The van der Waals surface area contributed by atoms with E-state index in [9.17, 15) is 4.79 Å². The third kappa shape index (κ3) is 4.56. The van der Waals surface area contributed by atoms with Crippen LogP contribution in [0, 0.1) is 12.8 Å². The van der Waals surface area contributed by atoms with Crippen molar-refractivity contribution in [2.45, 2.75) is 20.8 Å². The maximum Gasteiger partial charge on any atom is 0.270 e. The molecule has 0 atom stereocenters. The number of hydrogen-bond donors (Lipinski definition) is 2. The summed E-state index contributed by atoms with van der Waals surface area (Å²) in [7, 11) is 0. The van der Waals surface area contributed by atoms with E-state index in [1.807, 2.05) is 45.0 Å². The molecule has 110 valence electrons. The van der Waals surface area contributed by atoms with Crippen molar-refractivity contribution >= 4 is 17.4 Å². The summed E-state index contributed by atoms with van der Waals surface area (Å²) in [6.45, 7) is 6.75. The Morgan fingerprint density at radius 2 is 1.90 bits per heavy atom. The number of amides is 1. The fraction of sp³-hybridized carbons (Fsp3) is 0.312. The number of aryl methyl sites for hydroxylation is 1. The van der Waals surface area contributed by atoms with Gasteiger partial charge in [-0.2, -0.15) is 0 Å². The summed E-state index contributed by atoms with van der Waals surface area (Å²) < 4.78 is 0. The highest BCUT2D eigenvalue weighted by atomic mass is 16.1. The number of aromatic nitrogens is 2. The first-order chi connectivity index (χ1) is 10.0. The highest BCUT2D eigenvalue weighted by Crippen LogP contribution is 2.15. The van der Waals surface area contributed by atoms with E-state index in [1.165, 1.54) is 11.9 Å². The van der Waals surface area contributed by atoms with Gasteiger partial charge in [-0.05, 0) is 25.0 Å². The van der Waals surface area contributed by atoms with Crippen molar-refractivity contribution in [2.75, 3.05) is 11.9 Å². The minimum absolute atomic E-state index is 0.182. The Morgan fingerprint density at radius 1 is 1.19 bits per heavy atom. The molecule has 5 heteroatoms. The molecule has 2 N–H and O–H groups in total. The first-order valence-electron chi connectivity index (χ1n) is 6.98. The van der Waals surface area contributed by atoms with Gasteiger partial charge in [0.25, 0.3) is 5.91 Å². The van der Waals surface area contributed by atoms with Gasteiger partial charge in [-0.3, -0.25) is 4.79 Å². The smallest absolute Gasteiger partial charge is 0.270 e. The minimum Gasteiger partial charge on any atom is -0.350 e. The van der Waals surface area contributed by atoms with Crippen LogP contribution in [0.25, 0.3) is 0 Å². The van der Waals surface area contributed by atoms with Crippen LogP contribution in [0.15, 0.2) is 36.7 Å². The largest absolute Gasteiger partial charge is 0.350 e. The summed E-state index contributed by atoms with van der Waals surface area (Å²) >= 11 is 0. The normalized spacial score (nSPS) is 10.5. The number of benzene rings is 1. The monoisotopic (exact) mass is 284 g/mol. The van der Waals surface area contributed by atoms with Crippen molar-refractivity contribution in [3.8, 4) is 0 Å². The SMILES string of the molecule is Cc1ccc(Nc2cc(C(=O)NCC(C)C)ncn2)cc1. The van der Waals surface area contributed by atoms with E-state index in [1.54, 1.807) is 6.07 Å². The second-order valence-corrected chi connectivity index (χ2v) is 5.38. The first kappa shape index (κ1) is 15.0. The van der Waals surface area contributed by atoms with E-state index in [4.69, 9.17) is 0 Å². The number of rotatable bonds is 5. The zero-order valence-corrected chi connectivity index (χ0v) is 12.6. The van der Waals surface area contributed by atoms with Gasteiger partial charge < -0.3 is 10.6 Å². The van der Waals surface area contributed by atoms with Crippen molar-refractivity contribution in [3.05, 3.63) is 47.9 Å². The zero-order chi connectivity index (χ0) is 15.2. The van der Waals surface area contributed by atoms with Gasteiger partial charge in [0.1, 0.15) is 17.8 Å². The summed E-state index contributed by atoms with van der Waals surface area (Å²) in [6.07, 6.45) is 1.39. The lowest BCUT2D eigenvalue weighted by atomic mass is 10.2. The van der Waals surface area contributed by atoms with Gasteiger partial charge >= 0.3 is 0 Å². The molecule has 21 heavy (non-hydrogen) atoms. The molecule has 0 fully saturated rings. The van der Waals surface area contributed by atoms with E-state index in [2.05, 4.69) is 20.6 Å². The van der Waals surface area contributed by atoms with Crippen LogP contribution in [-0.2, 0) is 0 Å². The van der Waals surface area contributed by atoms with Crippen LogP contribution in [0.3, 0.4) is 0 Å². The zero-order valence-electron chi connectivity index (χ0n) is 12.6. The van der Waals surface area contributed by atoms with Gasteiger partial charge in [-0.1, -0.05) is 31.5 Å². The molecule has 0 spiro atoms. The lowest BCUT2D eigenvalue weighted by Crippen LogP contribution is -2.28. The predicted octanol–water partition coefficient (Wildman–Crippen LogP) is 2.91. The van der Waals surface area contributed by atoms with Crippen molar-refractivity contribution in [3.63, 3.8) is 0 Å². The Labute approximate surface area is 124 Å². The predicted molar refractivity (Wildman–Crippen MR) is 83.7 cm³/mol. The molecular weight excluding hydrogens is 264 g/mol. The van der Waals surface area contributed by atoms with Crippen LogP contribution in [0.1, 0.15) is 29.9 Å². The molecule has 0 saturated carbocycles. The standard InChI is InChI=1S/C16H20N4O/c1-11(2)9-17-16(21)14-8-15(19-10-18-14)20-13-6-4-12(3)5-7-13/h4-8,10-11H,9H2,1-3H3,(H,17,21)(H,18,19,20). The van der Waals surface area contributed by atoms with Gasteiger partial charge in [0.2, 0.25) is 0 Å². The molecule has 0 aliphatic rings. The van der Waals surface area contributed by atoms with Crippen LogP contribution in [-0.4, -0.2) is 22.4 Å². The molecule has 1 aromatic heterocycles. The average Bonchev–Trinajstić information content (AvgIpc) is 2.47. The van der Waals surface area contributed by atoms with Crippen LogP contribution < -0.4 is 10.6 Å². The van der Waals surface area contributed by atoms with Gasteiger partial charge in [-0.15, -0.1) is 0 Å². The second kappa shape index (κ2) is 6.83. The first-order valence-corrected chi connectivity index (χ1v) is 6.98. The fourth-order valence-corrected chi connectivity index (χ4v) is 1.72. The van der Waals surface area contributed by atoms with E-state index >= 15 is 0 Å². The molecular formula is C16H20N4O. The van der Waals surface area contributed by atoms with Crippen molar-refractivity contribution < 1.29 is 4.79 Å². The molecule has 2 rings (SSSR count). The van der Waals surface area contributed by atoms with E-state index in [0.29, 0.717) is 24.0 Å². The quantitative estimate of drug-likeness (QED) is 0.886. The molecule has 0 aliphatic heterocycles. The van der Waals surface area contributed by atoms with Gasteiger partial charge in [0, 0.05) is 18.3 Å². The molecule has 1 amide bonds. The fourth-order valence-electron chi connectivity index (χ4n) is 1.72. The Balaban J connectivity index is 2.06. The number of carbonyl (C=O) groups excluding carboxylic acids is 1. The summed E-state index contributed by atoms with van der Waals surface area (Å²) in [6, 6.07) is 9.61. The highest BCUT2D eigenvalue weighted by Gasteiger charge is 2.09. The maximum absolute atomic E-state index is 12.0. The van der Waals surface area contributed by atoms with E-state index < -0.39 is 0 Å². The molecule has 1 aromatic carbocycles. The summed E-state index contributed by atoms with van der Waals surface area (Å²) in [5.74, 6) is 0.822. The molecule has 0 aliphatic carbocycles. The van der Waals surface area contributed by atoms with Crippen molar-refractivity contribution in [1.29, 1.82) is 0 Å². The molecule has 1 heterocycles. The second-order valence-electron chi connectivity index (χ2n) is 5.38. The van der Waals surface area contributed by atoms with Gasteiger partial charge in [0.15, 0.2) is 0 Å². The van der Waals surface area contributed by atoms with Crippen LogP contribution in [0.4, 0.5) is 11.5 Å². The number of carbonyl (C=O) groups is 1. The van der Waals surface area contributed by atoms with Crippen molar-refractivity contribution in [2.24, 2.45) is 5.92 Å². The Morgan fingerprint density at radius 3 is 2.57 bits per heavy atom. The minimum atomic E-state index is -0.182. The van der Waals surface area contributed by atoms with Gasteiger partial charge in [0.05, 0.1) is 0 Å². The average molecular weight is 284 g/mol. The number of anilines is 2. The third-order valence-electron chi connectivity index (χ3n) is 2.89.